The van der Waals surface area contributed by atoms with Crippen molar-refractivity contribution < 1.29 is 18.3 Å². The number of methoxy groups -OCH3 is 1. The predicted molar refractivity (Wildman–Crippen MR) is 94.8 cm³/mol. The number of hydrogen-bond acceptors (Lipinski definition) is 4. The van der Waals surface area contributed by atoms with Gasteiger partial charge in [0.1, 0.15) is 5.75 Å². The molecule has 0 saturated heterocycles. The van der Waals surface area contributed by atoms with E-state index < -0.39 is 17.5 Å². The van der Waals surface area contributed by atoms with E-state index >= 15 is 0 Å². The molecule has 0 atom stereocenters. The summed E-state index contributed by atoms with van der Waals surface area (Å²) in [5.74, 6) is -1.76. The first-order valence-electron chi connectivity index (χ1n) is 7.67. The van der Waals surface area contributed by atoms with E-state index in [1.54, 1.807) is 31.5 Å². The summed E-state index contributed by atoms with van der Waals surface area (Å²) in [6.45, 7) is 0. The van der Waals surface area contributed by atoms with Crippen LogP contribution in [0.5, 0.6) is 5.75 Å². The Bertz CT molecular complexity index is 930. The van der Waals surface area contributed by atoms with Crippen molar-refractivity contribution >= 4 is 23.0 Å². The lowest BCUT2D eigenvalue weighted by atomic mass is 10.2. The normalized spacial score (nSPS) is 10.3. The topological polar surface area (TPSA) is 63.2 Å². The molecular formula is C19H15F2N3O2. The van der Waals surface area contributed by atoms with Gasteiger partial charge in [-0.1, -0.05) is 0 Å². The Balaban J connectivity index is 1.73. The van der Waals surface area contributed by atoms with Gasteiger partial charge in [-0.2, -0.15) is 0 Å². The van der Waals surface area contributed by atoms with Crippen LogP contribution in [0.4, 0.5) is 25.8 Å². The second-order valence-electron chi connectivity index (χ2n) is 5.40. The lowest BCUT2D eigenvalue weighted by Crippen LogP contribution is -2.12. The Morgan fingerprint density at radius 1 is 0.923 bits per heavy atom. The quantitative estimate of drug-likeness (QED) is 0.714. The zero-order chi connectivity index (χ0) is 18.5. The SMILES string of the molecule is COc1ccc(Nc2cncc(C(=O)Nc3ccc(F)c(F)c3)c2)cc1. The first kappa shape index (κ1) is 17.3. The van der Waals surface area contributed by atoms with E-state index in [1.165, 1.54) is 12.3 Å². The van der Waals surface area contributed by atoms with Crippen LogP contribution in [0.1, 0.15) is 10.4 Å². The second kappa shape index (κ2) is 7.60. The molecule has 0 bridgehead atoms. The molecule has 3 aromatic rings. The highest BCUT2D eigenvalue weighted by Gasteiger charge is 2.10. The van der Waals surface area contributed by atoms with E-state index in [2.05, 4.69) is 15.6 Å². The zero-order valence-corrected chi connectivity index (χ0v) is 13.8. The molecule has 0 radical (unpaired) electrons. The van der Waals surface area contributed by atoms with Crippen LogP contribution in [-0.2, 0) is 0 Å². The maximum atomic E-state index is 13.2. The van der Waals surface area contributed by atoms with E-state index in [-0.39, 0.29) is 11.3 Å². The molecule has 1 heterocycles. The highest BCUT2D eigenvalue weighted by Crippen LogP contribution is 2.20. The number of hydrogen-bond donors (Lipinski definition) is 2. The van der Waals surface area contributed by atoms with Crippen LogP contribution in [0.2, 0.25) is 0 Å². The van der Waals surface area contributed by atoms with Crippen LogP contribution < -0.4 is 15.4 Å². The maximum absolute atomic E-state index is 13.2. The third kappa shape index (κ3) is 4.13. The molecule has 0 fully saturated rings. The van der Waals surface area contributed by atoms with Gasteiger partial charge in [0.15, 0.2) is 11.6 Å². The van der Waals surface area contributed by atoms with Crippen LogP contribution in [0, 0.1) is 11.6 Å². The van der Waals surface area contributed by atoms with Gasteiger partial charge >= 0.3 is 0 Å². The summed E-state index contributed by atoms with van der Waals surface area (Å²) in [6.07, 6.45) is 2.95. The third-order valence-electron chi connectivity index (χ3n) is 3.56. The summed E-state index contributed by atoms with van der Waals surface area (Å²) >= 11 is 0. The Morgan fingerprint density at radius 3 is 2.35 bits per heavy atom. The van der Waals surface area contributed by atoms with E-state index in [9.17, 15) is 13.6 Å². The fraction of sp³-hybridized carbons (Fsp3) is 0.0526. The van der Waals surface area contributed by atoms with Crippen molar-refractivity contribution in [3.63, 3.8) is 0 Å². The number of carbonyl (C=O) groups is 1. The van der Waals surface area contributed by atoms with Gasteiger partial charge < -0.3 is 15.4 Å². The van der Waals surface area contributed by atoms with Crippen molar-refractivity contribution in [2.24, 2.45) is 0 Å². The smallest absolute Gasteiger partial charge is 0.257 e. The minimum atomic E-state index is -1.03. The van der Waals surface area contributed by atoms with Gasteiger partial charge in [0.2, 0.25) is 0 Å². The summed E-state index contributed by atoms with van der Waals surface area (Å²) in [4.78, 5) is 16.3. The predicted octanol–water partition coefficient (Wildman–Crippen LogP) is 4.36. The number of ether oxygens (including phenoxy) is 1. The largest absolute Gasteiger partial charge is 0.497 e. The van der Waals surface area contributed by atoms with E-state index in [4.69, 9.17) is 4.74 Å². The number of anilines is 3. The number of pyridine rings is 1. The summed E-state index contributed by atoms with van der Waals surface area (Å²) in [5, 5.41) is 5.63. The number of halogens is 2. The number of aromatic nitrogens is 1. The number of rotatable bonds is 5. The van der Waals surface area contributed by atoms with E-state index in [0.717, 1.165) is 23.6 Å². The lowest BCUT2D eigenvalue weighted by Gasteiger charge is -2.09. The molecule has 0 spiro atoms. The van der Waals surface area contributed by atoms with Crippen molar-refractivity contribution in [2.45, 2.75) is 0 Å². The minimum Gasteiger partial charge on any atom is -0.497 e. The molecule has 1 amide bonds. The highest BCUT2D eigenvalue weighted by molar-refractivity contribution is 6.04. The highest BCUT2D eigenvalue weighted by atomic mass is 19.2. The molecule has 1 aromatic heterocycles. The molecule has 7 heteroatoms. The molecule has 0 unspecified atom stereocenters. The Hall–Kier alpha value is -3.48. The molecular weight excluding hydrogens is 340 g/mol. The van der Waals surface area contributed by atoms with Crippen molar-refractivity contribution in [1.29, 1.82) is 0 Å². The molecule has 0 aliphatic heterocycles. The van der Waals surface area contributed by atoms with Gasteiger partial charge in [-0.25, -0.2) is 8.78 Å². The second-order valence-corrected chi connectivity index (χ2v) is 5.40. The average molecular weight is 355 g/mol. The van der Waals surface area contributed by atoms with Gasteiger partial charge in [-0.3, -0.25) is 9.78 Å². The lowest BCUT2D eigenvalue weighted by molar-refractivity contribution is 0.102. The van der Waals surface area contributed by atoms with Gasteiger partial charge in [0, 0.05) is 23.6 Å². The monoisotopic (exact) mass is 355 g/mol. The molecule has 132 valence electrons. The number of carbonyl (C=O) groups excluding carboxylic acids is 1. The summed E-state index contributed by atoms with van der Waals surface area (Å²) in [5.41, 5.74) is 1.83. The van der Waals surface area contributed by atoms with Crippen LogP contribution in [0.15, 0.2) is 60.9 Å². The van der Waals surface area contributed by atoms with Crippen LogP contribution in [0.25, 0.3) is 0 Å². The van der Waals surface area contributed by atoms with Crippen molar-refractivity contribution in [3.8, 4) is 5.75 Å². The van der Waals surface area contributed by atoms with Crippen LogP contribution >= 0.6 is 0 Å². The molecule has 0 aliphatic rings. The van der Waals surface area contributed by atoms with E-state index in [0.29, 0.717) is 5.69 Å². The molecule has 2 N–H and O–H groups in total. The summed E-state index contributed by atoms with van der Waals surface area (Å²) in [7, 11) is 1.58. The molecule has 3 rings (SSSR count). The molecule has 0 saturated carbocycles. The third-order valence-corrected chi connectivity index (χ3v) is 3.56. The van der Waals surface area contributed by atoms with Gasteiger partial charge in [-0.05, 0) is 42.5 Å². The standard InChI is InChI=1S/C19H15F2N3O2/c1-26-16-5-2-13(3-6-16)23-15-8-12(10-22-11-15)19(25)24-14-4-7-17(20)18(21)9-14/h2-11,23H,1H3,(H,24,25). The first-order chi connectivity index (χ1) is 12.5. The first-order valence-corrected chi connectivity index (χ1v) is 7.67. The number of nitrogens with one attached hydrogen (secondary N) is 2. The molecule has 5 nitrogen and oxygen atoms in total. The molecule has 2 aromatic carbocycles. The van der Waals surface area contributed by atoms with Crippen molar-refractivity contribution in [2.75, 3.05) is 17.7 Å². The Morgan fingerprint density at radius 2 is 1.65 bits per heavy atom. The number of amides is 1. The number of nitrogens with zero attached hydrogens (tertiary/aromatic N) is 1. The number of benzene rings is 2. The molecule has 26 heavy (non-hydrogen) atoms. The Kier molecular flexibility index (Phi) is 5.07. The average Bonchev–Trinajstić information content (AvgIpc) is 2.65. The van der Waals surface area contributed by atoms with Crippen molar-refractivity contribution in [3.05, 3.63) is 78.1 Å². The fourth-order valence-electron chi connectivity index (χ4n) is 2.25. The minimum absolute atomic E-state index is 0.155. The van der Waals surface area contributed by atoms with E-state index in [1.807, 2.05) is 12.1 Å². The van der Waals surface area contributed by atoms with Crippen LogP contribution in [0.3, 0.4) is 0 Å². The fourth-order valence-corrected chi connectivity index (χ4v) is 2.25. The van der Waals surface area contributed by atoms with Crippen LogP contribution in [-0.4, -0.2) is 18.0 Å². The zero-order valence-electron chi connectivity index (χ0n) is 13.8. The van der Waals surface area contributed by atoms with Gasteiger partial charge in [0.05, 0.1) is 24.6 Å². The summed E-state index contributed by atoms with van der Waals surface area (Å²) < 4.78 is 31.3. The maximum Gasteiger partial charge on any atom is 0.257 e. The summed E-state index contributed by atoms with van der Waals surface area (Å²) in [6, 6.07) is 12.0. The Labute approximate surface area is 148 Å². The van der Waals surface area contributed by atoms with Gasteiger partial charge in [-0.15, -0.1) is 0 Å². The van der Waals surface area contributed by atoms with Crippen molar-refractivity contribution in [1.82, 2.24) is 4.98 Å². The van der Waals surface area contributed by atoms with Gasteiger partial charge in [0.25, 0.3) is 5.91 Å². The molecule has 0 aliphatic carbocycles.